The quantitative estimate of drug-likeness (QED) is 0.629. The third-order valence-electron chi connectivity index (χ3n) is 4.59. The van der Waals surface area contributed by atoms with Gasteiger partial charge in [0.25, 0.3) is 5.91 Å². The van der Waals surface area contributed by atoms with Crippen molar-refractivity contribution in [3.63, 3.8) is 0 Å². The van der Waals surface area contributed by atoms with Crippen LogP contribution in [0, 0.1) is 23.5 Å². The fourth-order valence-electron chi connectivity index (χ4n) is 3.11. The number of pyridine rings is 1. The molecule has 0 saturated carbocycles. The second-order valence-corrected chi connectivity index (χ2v) is 6.84. The highest BCUT2D eigenvalue weighted by atomic mass is 19.1. The van der Waals surface area contributed by atoms with Crippen molar-refractivity contribution in [2.45, 2.75) is 19.1 Å². The van der Waals surface area contributed by atoms with Gasteiger partial charge in [-0.05, 0) is 25.1 Å². The number of rotatable bonds is 2. The van der Waals surface area contributed by atoms with E-state index in [1.165, 1.54) is 31.5 Å². The molecule has 30 heavy (non-hydrogen) atoms. The van der Waals surface area contributed by atoms with Crippen LogP contribution in [0.5, 0.6) is 5.75 Å². The minimum absolute atomic E-state index is 0.0639. The van der Waals surface area contributed by atoms with Crippen LogP contribution in [0.2, 0.25) is 0 Å². The number of halogens is 2. The molecule has 0 radical (unpaired) electrons. The third-order valence-corrected chi connectivity index (χ3v) is 4.59. The van der Waals surface area contributed by atoms with Gasteiger partial charge >= 0.3 is 0 Å². The fraction of sp³-hybridized carbons (Fsp3) is 0.190. The van der Waals surface area contributed by atoms with E-state index in [-0.39, 0.29) is 29.3 Å². The smallest absolute Gasteiger partial charge is 0.268 e. The highest BCUT2D eigenvalue weighted by molar-refractivity contribution is 5.91. The molecule has 1 aliphatic heterocycles. The molecule has 0 saturated heterocycles. The summed E-state index contributed by atoms with van der Waals surface area (Å²) in [5, 5.41) is 10.5. The van der Waals surface area contributed by atoms with Crippen LogP contribution in [0.25, 0.3) is 11.4 Å². The molecule has 3 aromatic rings. The van der Waals surface area contributed by atoms with E-state index in [0.29, 0.717) is 17.9 Å². The van der Waals surface area contributed by atoms with Crippen molar-refractivity contribution in [3.05, 3.63) is 65.2 Å². The van der Waals surface area contributed by atoms with Crippen LogP contribution in [0.15, 0.2) is 36.7 Å². The average molecular weight is 410 g/mol. The maximum Gasteiger partial charge on any atom is 0.268 e. The van der Waals surface area contributed by atoms with Gasteiger partial charge in [0.05, 0.1) is 17.7 Å². The highest BCUT2D eigenvalue weighted by Crippen LogP contribution is 2.34. The molecule has 0 fully saturated rings. The van der Waals surface area contributed by atoms with E-state index in [9.17, 15) is 18.7 Å². The van der Waals surface area contributed by atoms with Crippen molar-refractivity contribution >= 4 is 5.91 Å². The fourth-order valence-corrected chi connectivity index (χ4v) is 3.11. The molecule has 3 N–H and O–H groups in total. The van der Waals surface area contributed by atoms with Crippen LogP contribution in [0.3, 0.4) is 0 Å². The Labute approximate surface area is 170 Å². The molecule has 152 valence electrons. The van der Waals surface area contributed by atoms with E-state index in [2.05, 4.69) is 21.8 Å². The summed E-state index contributed by atoms with van der Waals surface area (Å²) < 4.78 is 35.8. The number of carbonyl (C=O) groups excluding carboxylic acids is 1. The number of nitrogens with zero attached hydrogens (tertiary/aromatic N) is 3. The molecule has 1 aromatic carbocycles. The monoisotopic (exact) mass is 410 g/mol. The summed E-state index contributed by atoms with van der Waals surface area (Å²) in [7, 11) is 0. The first-order valence-electron chi connectivity index (χ1n) is 8.96. The molecule has 7 nitrogen and oxygen atoms in total. The maximum absolute atomic E-state index is 14.6. The highest BCUT2D eigenvalue weighted by Gasteiger charge is 2.26. The van der Waals surface area contributed by atoms with Gasteiger partial charge in [-0.15, -0.1) is 0 Å². The predicted molar refractivity (Wildman–Crippen MR) is 102 cm³/mol. The number of aliphatic hydroxyl groups is 1. The maximum atomic E-state index is 14.6. The number of primary amides is 1. The van der Waals surface area contributed by atoms with E-state index in [1.807, 2.05) is 0 Å². The largest absolute Gasteiger partial charge is 0.491 e. The number of carbonyl (C=O) groups is 1. The van der Waals surface area contributed by atoms with Gasteiger partial charge in [0, 0.05) is 18.5 Å². The van der Waals surface area contributed by atoms with Gasteiger partial charge in [-0.2, -0.15) is 0 Å². The SMILES string of the molecule is CC(O)(C#Cc1cc2c(cc1F)OCCn1cc(C(N)=O)nc1-2)c1ncccc1F. The van der Waals surface area contributed by atoms with Crippen molar-refractivity contribution in [2.75, 3.05) is 6.61 Å². The molecule has 1 atom stereocenters. The van der Waals surface area contributed by atoms with Crippen LogP contribution < -0.4 is 10.5 Å². The topological polar surface area (TPSA) is 103 Å². The first-order valence-corrected chi connectivity index (χ1v) is 8.96. The molecule has 0 aliphatic carbocycles. The second kappa shape index (κ2) is 7.24. The van der Waals surface area contributed by atoms with Crippen LogP contribution in [-0.2, 0) is 12.1 Å². The molecule has 1 amide bonds. The first kappa shape index (κ1) is 19.5. The summed E-state index contributed by atoms with van der Waals surface area (Å²) in [6.07, 6.45) is 2.82. The Balaban J connectivity index is 1.80. The zero-order chi connectivity index (χ0) is 21.5. The Morgan fingerprint density at radius 1 is 1.37 bits per heavy atom. The lowest BCUT2D eigenvalue weighted by atomic mass is 10.0. The average Bonchev–Trinajstić information content (AvgIpc) is 3.05. The van der Waals surface area contributed by atoms with Crippen LogP contribution >= 0.6 is 0 Å². The number of ether oxygens (including phenoxy) is 1. The lowest BCUT2D eigenvalue weighted by Crippen LogP contribution is -2.22. The van der Waals surface area contributed by atoms with Gasteiger partial charge in [0.15, 0.2) is 5.60 Å². The van der Waals surface area contributed by atoms with Gasteiger partial charge in [0.2, 0.25) is 0 Å². The summed E-state index contributed by atoms with van der Waals surface area (Å²) >= 11 is 0. The summed E-state index contributed by atoms with van der Waals surface area (Å²) in [5.41, 5.74) is 3.52. The Kier molecular flexibility index (Phi) is 4.72. The van der Waals surface area contributed by atoms with Gasteiger partial charge in [0.1, 0.15) is 41.2 Å². The molecular weight excluding hydrogens is 394 g/mol. The van der Waals surface area contributed by atoms with E-state index >= 15 is 0 Å². The molecule has 3 heterocycles. The van der Waals surface area contributed by atoms with E-state index < -0.39 is 23.1 Å². The number of imidazole rings is 1. The first-order chi connectivity index (χ1) is 14.3. The molecule has 0 spiro atoms. The second-order valence-electron chi connectivity index (χ2n) is 6.84. The van der Waals surface area contributed by atoms with Crippen LogP contribution in [0.4, 0.5) is 8.78 Å². The molecular formula is C21H16F2N4O3. The minimum atomic E-state index is -1.95. The van der Waals surface area contributed by atoms with Gasteiger partial charge in [-0.1, -0.05) is 11.8 Å². The van der Waals surface area contributed by atoms with Crippen molar-refractivity contribution < 1.29 is 23.4 Å². The number of aromatic nitrogens is 3. The number of fused-ring (bicyclic) bond motifs is 3. The summed E-state index contributed by atoms with van der Waals surface area (Å²) in [6.45, 7) is 1.90. The van der Waals surface area contributed by atoms with Crippen molar-refractivity contribution in [1.82, 2.24) is 14.5 Å². The Morgan fingerprint density at radius 2 is 2.17 bits per heavy atom. The Bertz CT molecular complexity index is 1220. The lowest BCUT2D eigenvalue weighted by molar-refractivity contribution is 0.0995. The molecule has 9 heteroatoms. The predicted octanol–water partition coefficient (Wildman–Crippen LogP) is 1.97. The standard InChI is InChI=1S/C21H16F2N4O3/c1-21(29,18-14(22)3-2-6-25-18)5-4-12-9-13-17(10-15(12)23)30-8-7-27-11-16(19(24)28)26-20(13)27/h2-3,6,9-11,29H,7-8H2,1H3,(H2,24,28). The van der Waals surface area contributed by atoms with Gasteiger partial charge < -0.3 is 20.1 Å². The molecule has 2 aromatic heterocycles. The zero-order valence-corrected chi connectivity index (χ0v) is 15.8. The van der Waals surface area contributed by atoms with Gasteiger partial charge in [-0.3, -0.25) is 9.78 Å². The molecule has 1 aliphatic rings. The number of nitrogens with two attached hydrogens (primary N) is 1. The summed E-state index contributed by atoms with van der Waals surface area (Å²) in [6, 6.07) is 5.09. The normalized spacial score (nSPS) is 14.3. The number of amides is 1. The number of benzene rings is 1. The minimum Gasteiger partial charge on any atom is -0.491 e. The molecule has 1 unspecified atom stereocenters. The number of hydrogen-bond acceptors (Lipinski definition) is 5. The molecule has 4 rings (SSSR count). The lowest BCUT2D eigenvalue weighted by Gasteiger charge is -2.16. The zero-order valence-electron chi connectivity index (χ0n) is 15.8. The molecule has 0 bridgehead atoms. The van der Waals surface area contributed by atoms with Gasteiger partial charge in [-0.25, -0.2) is 13.8 Å². The Morgan fingerprint density at radius 3 is 2.90 bits per heavy atom. The Hall–Kier alpha value is -3.77. The van der Waals surface area contributed by atoms with Crippen LogP contribution in [-0.4, -0.2) is 32.2 Å². The van der Waals surface area contributed by atoms with E-state index in [0.717, 1.165) is 12.1 Å². The summed E-state index contributed by atoms with van der Waals surface area (Å²) in [5.74, 6) is 3.52. The number of hydrogen-bond donors (Lipinski definition) is 2. The van der Waals surface area contributed by atoms with Crippen molar-refractivity contribution in [3.8, 4) is 29.0 Å². The van der Waals surface area contributed by atoms with Crippen molar-refractivity contribution in [1.29, 1.82) is 0 Å². The third kappa shape index (κ3) is 3.49. The van der Waals surface area contributed by atoms with Crippen LogP contribution in [0.1, 0.15) is 28.7 Å². The van der Waals surface area contributed by atoms with E-state index in [4.69, 9.17) is 10.5 Å². The van der Waals surface area contributed by atoms with Crippen molar-refractivity contribution in [2.24, 2.45) is 5.73 Å². The summed E-state index contributed by atoms with van der Waals surface area (Å²) in [4.78, 5) is 19.5. The van der Waals surface area contributed by atoms with E-state index in [1.54, 1.807) is 4.57 Å².